The predicted octanol–water partition coefficient (Wildman–Crippen LogP) is 3.90. The number of nitrogens with zero attached hydrogens (tertiary/aromatic N) is 2. The Balaban J connectivity index is 1.46. The number of nitrogens with one attached hydrogen (secondary N) is 3. The van der Waals surface area contributed by atoms with Gasteiger partial charge in [0.15, 0.2) is 5.82 Å². The number of amides is 2. The largest absolute Gasteiger partial charge is 0.346 e. The Morgan fingerprint density at radius 2 is 1.73 bits per heavy atom. The lowest BCUT2D eigenvalue weighted by atomic mass is 10.1. The van der Waals surface area contributed by atoms with Gasteiger partial charge in [-0.3, -0.25) is 14.7 Å². The van der Waals surface area contributed by atoms with Crippen molar-refractivity contribution in [3.63, 3.8) is 0 Å². The maximum atomic E-state index is 12.2. The molecule has 7 nitrogen and oxygen atoms in total. The van der Waals surface area contributed by atoms with E-state index in [0.29, 0.717) is 16.0 Å². The van der Waals surface area contributed by atoms with E-state index in [0.717, 1.165) is 27.9 Å². The molecule has 30 heavy (non-hydrogen) atoms. The molecule has 1 heterocycles. The number of thioether (sulfide) groups is 1. The molecule has 3 N–H and O–H groups in total. The second-order valence-electron chi connectivity index (χ2n) is 6.86. The predicted molar refractivity (Wildman–Crippen MR) is 120 cm³/mol. The molecule has 0 atom stereocenters. The van der Waals surface area contributed by atoms with Gasteiger partial charge in [-0.2, -0.15) is 0 Å². The fourth-order valence-corrected chi connectivity index (χ4v) is 3.72. The van der Waals surface area contributed by atoms with E-state index in [9.17, 15) is 9.59 Å². The molecule has 3 rings (SSSR count). The summed E-state index contributed by atoms with van der Waals surface area (Å²) in [5, 5.41) is 13.5. The molecule has 9 heteroatoms. The van der Waals surface area contributed by atoms with Crippen molar-refractivity contribution in [3.05, 3.63) is 58.1 Å². The summed E-state index contributed by atoms with van der Waals surface area (Å²) in [6.07, 6.45) is 0. The number of H-pyrrole nitrogens is 1. The third kappa shape index (κ3) is 5.84. The van der Waals surface area contributed by atoms with Crippen LogP contribution < -0.4 is 10.6 Å². The zero-order chi connectivity index (χ0) is 21.7. The molecule has 2 aromatic carbocycles. The molecule has 0 aliphatic heterocycles. The quantitative estimate of drug-likeness (QED) is 0.481. The highest BCUT2D eigenvalue weighted by Crippen LogP contribution is 2.22. The van der Waals surface area contributed by atoms with Crippen LogP contribution in [0.15, 0.2) is 41.6 Å². The van der Waals surface area contributed by atoms with Gasteiger partial charge in [0, 0.05) is 16.3 Å². The van der Waals surface area contributed by atoms with Crippen LogP contribution in [-0.2, 0) is 9.59 Å². The van der Waals surface area contributed by atoms with Crippen LogP contribution in [-0.4, -0.2) is 39.3 Å². The summed E-state index contributed by atoms with van der Waals surface area (Å²) in [5.74, 6) is 0.155. The zero-order valence-corrected chi connectivity index (χ0v) is 18.4. The third-order valence-corrected chi connectivity index (χ3v) is 5.40. The van der Waals surface area contributed by atoms with Crippen LogP contribution >= 0.6 is 23.4 Å². The van der Waals surface area contributed by atoms with Crippen LogP contribution in [0.4, 0.5) is 5.69 Å². The highest BCUT2D eigenvalue weighted by atomic mass is 35.5. The van der Waals surface area contributed by atoms with Crippen LogP contribution in [0, 0.1) is 20.8 Å². The molecule has 0 fully saturated rings. The molecule has 1 aromatic heterocycles. The first kappa shape index (κ1) is 21.9. The minimum Gasteiger partial charge on any atom is -0.346 e. The van der Waals surface area contributed by atoms with Gasteiger partial charge in [0.25, 0.3) is 0 Å². The standard InChI is InChI=1S/C21H22ClN5O2S/c1-12-8-13(2)19(14(3)9-12)24-17(28)10-23-18(29)11-30-21-25-20(26-27-21)15-4-6-16(22)7-5-15/h4-9H,10-11H2,1-3H3,(H,23,29)(H,24,28)(H,25,26,27). The lowest BCUT2D eigenvalue weighted by Crippen LogP contribution is -2.34. The Hall–Kier alpha value is -2.84. The van der Waals surface area contributed by atoms with Crippen LogP contribution in [0.3, 0.4) is 0 Å². The Labute approximate surface area is 184 Å². The van der Waals surface area contributed by atoms with E-state index in [4.69, 9.17) is 11.6 Å². The van der Waals surface area contributed by atoms with Crippen molar-refractivity contribution in [3.8, 4) is 11.4 Å². The molecule has 0 unspecified atom stereocenters. The van der Waals surface area contributed by atoms with Gasteiger partial charge >= 0.3 is 0 Å². The van der Waals surface area contributed by atoms with Crippen molar-refractivity contribution in [1.29, 1.82) is 0 Å². The van der Waals surface area contributed by atoms with E-state index in [1.54, 1.807) is 12.1 Å². The average Bonchev–Trinajstić information content (AvgIpc) is 3.17. The van der Waals surface area contributed by atoms with Gasteiger partial charge in [-0.1, -0.05) is 41.1 Å². The van der Waals surface area contributed by atoms with E-state index < -0.39 is 0 Å². The van der Waals surface area contributed by atoms with Crippen molar-refractivity contribution in [2.75, 3.05) is 17.6 Å². The lowest BCUT2D eigenvalue weighted by molar-refractivity contribution is -0.122. The van der Waals surface area contributed by atoms with Gasteiger partial charge in [-0.05, 0) is 56.2 Å². The van der Waals surface area contributed by atoms with E-state index in [-0.39, 0.29) is 24.1 Å². The van der Waals surface area contributed by atoms with Gasteiger partial charge in [0.1, 0.15) is 0 Å². The summed E-state index contributed by atoms with van der Waals surface area (Å²) < 4.78 is 0. The van der Waals surface area contributed by atoms with E-state index >= 15 is 0 Å². The number of aromatic nitrogens is 3. The van der Waals surface area contributed by atoms with Gasteiger partial charge in [-0.25, -0.2) is 4.98 Å². The second-order valence-corrected chi connectivity index (χ2v) is 8.24. The fraction of sp³-hybridized carbons (Fsp3) is 0.238. The number of rotatable bonds is 7. The number of aromatic amines is 1. The minimum absolute atomic E-state index is 0.101. The molecule has 0 radical (unpaired) electrons. The molecule has 0 bridgehead atoms. The summed E-state index contributed by atoms with van der Waals surface area (Å²) in [6.45, 7) is 5.80. The minimum atomic E-state index is -0.273. The van der Waals surface area contributed by atoms with E-state index in [1.807, 2.05) is 45.0 Å². The summed E-state index contributed by atoms with van der Waals surface area (Å²) in [5.41, 5.74) is 4.75. The number of hydrogen-bond acceptors (Lipinski definition) is 5. The first-order chi connectivity index (χ1) is 14.3. The number of halogens is 1. The summed E-state index contributed by atoms with van der Waals surface area (Å²) in [7, 11) is 0. The second kappa shape index (κ2) is 9.77. The average molecular weight is 444 g/mol. The maximum Gasteiger partial charge on any atom is 0.243 e. The number of aryl methyl sites for hydroxylation is 3. The van der Waals surface area contributed by atoms with Crippen molar-refractivity contribution < 1.29 is 9.59 Å². The van der Waals surface area contributed by atoms with Crippen LogP contribution in [0.1, 0.15) is 16.7 Å². The van der Waals surface area contributed by atoms with E-state index in [1.165, 1.54) is 11.8 Å². The topological polar surface area (TPSA) is 99.8 Å². The Bertz CT molecular complexity index is 1040. The normalized spacial score (nSPS) is 10.7. The van der Waals surface area contributed by atoms with Gasteiger partial charge in [-0.15, -0.1) is 5.10 Å². The summed E-state index contributed by atoms with van der Waals surface area (Å²) in [4.78, 5) is 28.6. The highest BCUT2D eigenvalue weighted by Gasteiger charge is 2.12. The number of carbonyl (C=O) groups is 2. The highest BCUT2D eigenvalue weighted by molar-refractivity contribution is 7.99. The van der Waals surface area contributed by atoms with Crippen molar-refractivity contribution >= 4 is 40.9 Å². The Kier molecular flexibility index (Phi) is 7.12. The monoisotopic (exact) mass is 443 g/mol. The summed E-state index contributed by atoms with van der Waals surface area (Å²) in [6, 6.07) is 11.2. The molecule has 0 spiro atoms. The molecule has 3 aromatic rings. The Morgan fingerprint density at radius 1 is 1.07 bits per heavy atom. The van der Waals surface area contributed by atoms with Crippen LogP contribution in [0.2, 0.25) is 5.02 Å². The molecule has 0 saturated heterocycles. The molecule has 156 valence electrons. The lowest BCUT2D eigenvalue weighted by Gasteiger charge is -2.13. The van der Waals surface area contributed by atoms with Crippen LogP contribution in [0.5, 0.6) is 0 Å². The fourth-order valence-electron chi connectivity index (χ4n) is 2.97. The molecule has 0 aliphatic carbocycles. The molecular formula is C21H22ClN5O2S. The maximum absolute atomic E-state index is 12.2. The van der Waals surface area contributed by atoms with Gasteiger partial charge in [0.2, 0.25) is 17.0 Å². The number of anilines is 1. The first-order valence-electron chi connectivity index (χ1n) is 9.27. The van der Waals surface area contributed by atoms with Crippen molar-refractivity contribution in [1.82, 2.24) is 20.5 Å². The number of benzene rings is 2. The number of hydrogen-bond donors (Lipinski definition) is 3. The van der Waals surface area contributed by atoms with Gasteiger partial charge < -0.3 is 10.6 Å². The summed E-state index contributed by atoms with van der Waals surface area (Å²) >= 11 is 7.07. The third-order valence-electron chi connectivity index (χ3n) is 4.30. The number of carbonyl (C=O) groups excluding carboxylic acids is 2. The molecule has 0 saturated carbocycles. The first-order valence-corrected chi connectivity index (χ1v) is 10.6. The SMILES string of the molecule is Cc1cc(C)c(NC(=O)CNC(=O)CSc2n[nH]c(-c3ccc(Cl)cc3)n2)c(C)c1. The molecule has 2 amide bonds. The van der Waals surface area contributed by atoms with Crippen LogP contribution in [0.25, 0.3) is 11.4 Å². The van der Waals surface area contributed by atoms with E-state index in [2.05, 4.69) is 25.8 Å². The zero-order valence-electron chi connectivity index (χ0n) is 16.9. The van der Waals surface area contributed by atoms with Crippen molar-refractivity contribution in [2.24, 2.45) is 0 Å². The molecule has 0 aliphatic rings. The smallest absolute Gasteiger partial charge is 0.243 e. The van der Waals surface area contributed by atoms with Gasteiger partial charge in [0.05, 0.1) is 12.3 Å². The molecular weight excluding hydrogens is 422 g/mol. The van der Waals surface area contributed by atoms with Crippen molar-refractivity contribution in [2.45, 2.75) is 25.9 Å². The Morgan fingerprint density at radius 3 is 2.40 bits per heavy atom.